The predicted octanol–water partition coefficient (Wildman–Crippen LogP) is 2.88. The highest BCUT2D eigenvalue weighted by molar-refractivity contribution is 7.09. The SMILES string of the molecule is N#CC1(C(=O)NCCc2cccs2)CCCCC1. The third kappa shape index (κ3) is 2.91. The number of thiophene rings is 1. The van der Waals surface area contributed by atoms with Gasteiger partial charge in [-0.3, -0.25) is 4.79 Å². The highest BCUT2D eigenvalue weighted by atomic mass is 32.1. The summed E-state index contributed by atoms with van der Waals surface area (Å²) in [5, 5.41) is 14.3. The molecule has 0 radical (unpaired) electrons. The topological polar surface area (TPSA) is 52.9 Å². The Morgan fingerprint density at radius 3 is 2.83 bits per heavy atom. The average molecular weight is 262 g/mol. The van der Waals surface area contributed by atoms with Gasteiger partial charge in [0.15, 0.2) is 0 Å². The summed E-state index contributed by atoms with van der Waals surface area (Å²) in [5.41, 5.74) is -0.756. The second-order valence-electron chi connectivity index (χ2n) is 4.84. The molecule has 0 unspecified atom stereocenters. The Labute approximate surface area is 112 Å². The van der Waals surface area contributed by atoms with E-state index in [9.17, 15) is 10.1 Å². The van der Waals surface area contributed by atoms with Gasteiger partial charge in [0.1, 0.15) is 5.41 Å². The molecule has 1 aromatic heterocycles. The van der Waals surface area contributed by atoms with Crippen LogP contribution in [0.15, 0.2) is 17.5 Å². The van der Waals surface area contributed by atoms with E-state index in [1.165, 1.54) is 4.88 Å². The standard InChI is InChI=1S/C14H18N2OS/c15-11-14(7-2-1-3-8-14)13(17)16-9-6-12-5-4-10-18-12/h4-5,10H,1-3,6-9H2,(H,16,17). The number of rotatable bonds is 4. The third-order valence-corrected chi connectivity index (χ3v) is 4.53. The van der Waals surface area contributed by atoms with Gasteiger partial charge in [-0.2, -0.15) is 5.26 Å². The molecular weight excluding hydrogens is 244 g/mol. The molecule has 0 bridgehead atoms. The number of carbonyl (C=O) groups is 1. The minimum absolute atomic E-state index is 0.0683. The van der Waals surface area contributed by atoms with Crippen LogP contribution >= 0.6 is 11.3 Å². The highest BCUT2D eigenvalue weighted by Crippen LogP contribution is 2.35. The molecule has 1 aliphatic carbocycles. The number of hydrogen-bond acceptors (Lipinski definition) is 3. The van der Waals surface area contributed by atoms with Gasteiger partial charge in [-0.05, 0) is 30.7 Å². The van der Waals surface area contributed by atoms with Crippen molar-refractivity contribution in [2.24, 2.45) is 5.41 Å². The molecule has 2 rings (SSSR count). The Kier molecular flexibility index (Phi) is 4.38. The van der Waals surface area contributed by atoms with Crippen molar-refractivity contribution in [1.82, 2.24) is 5.32 Å². The molecule has 0 spiro atoms. The Balaban J connectivity index is 1.84. The number of nitrogens with zero attached hydrogens (tertiary/aromatic N) is 1. The highest BCUT2D eigenvalue weighted by Gasteiger charge is 2.39. The van der Waals surface area contributed by atoms with Gasteiger partial charge < -0.3 is 5.32 Å². The Bertz CT molecular complexity index is 427. The van der Waals surface area contributed by atoms with Crippen molar-refractivity contribution in [3.05, 3.63) is 22.4 Å². The molecule has 1 fully saturated rings. The lowest BCUT2D eigenvalue weighted by Gasteiger charge is -2.29. The van der Waals surface area contributed by atoms with Crippen molar-refractivity contribution < 1.29 is 4.79 Å². The van der Waals surface area contributed by atoms with Crippen LogP contribution in [-0.4, -0.2) is 12.5 Å². The van der Waals surface area contributed by atoms with E-state index < -0.39 is 5.41 Å². The number of carbonyl (C=O) groups excluding carboxylic acids is 1. The monoisotopic (exact) mass is 262 g/mol. The first-order chi connectivity index (χ1) is 8.77. The first kappa shape index (κ1) is 13.1. The second kappa shape index (κ2) is 6.01. The van der Waals surface area contributed by atoms with Crippen LogP contribution in [0.25, 0.3) is 0 Å². The zero-order valence-corrected chi connectivity index (χ0v) is 11.3. The van der Waals surface area contributed by atoms with E-state index in [0.717, 1.165) is 25.7 Å². The molecule has 0 atom stereocenters. The van der Waals surface area contributed by atoms with Crippen LogP contribution in [-0.2, 0) is 11.2 Å². The Hall–Kier alpha value is -1.34. The lowest BCUT2D eigenvalue weighted by atomic mass is 9.74. The first-order valence-corrected chi connectivity index (χ1v) is 7.37. The molecule has 4 heteroatoms. The van der Waals surface area contributed by atoms with Gasteiger partial charge in [-0.25, -0.2) is 0 Å². The molecule has 1 N–H and O–H groups in total. The van der Waals surface area contributed by atoms with E-state index in [1.807, 2.05) is 11.4 Å². The molecule has 1 aliphatic rings. The number of hydrogen-bond donors (Lipinski definition) is 1. The summed E-state index contributed by atoms with van der Waals surface area (Å²) in [6.45, 7) is 0.628. The van der Waals surface area contributed by atoms with Crippen LogP contribution in [0.4, 0.5) is 0 Å². The fourth-order valence-corrected chi connectivity index (χ4v) is 3.18. The third-order valence-electron chi connectivity index (χ3n) is 3.59. The maximum absolute atomic E-state index is 12.1. The van der Waals surface area contributed by atoms with Gasteiger partial charge in [0.2, 0.25) is 5.91 Å². The van der Waals surface area contributed by atoms with E-state index in [-0.39, 0.29) is 5.91 Å². The molecule has 1 amide bonds. The summed E-state index contributed by atoms with van der Waals surface area (Å²) in [6.07, 6.45) is 5.41. The number of nitrogens with one attached hydrogen (secondary N) is 1. The lowest BCUT2D eigenvalue weighted by Crippen LogP contribution is -2.42. The summed E-state index contributed by atoms with van der Waals surface area (Å²) in [7, 11) is 0. The molecule has 18 heavy (non-hydrogen) atoms. The molecule has 3 nitrogen and oxygen atoms in total. The molecule has 0 aliphatic heterocycles. The summed E-state index contributed by atoms with van der Waals surface area (Å²) < 4.78 is 0. The van der Waals surface area contributed by atoms with Gasteiger partial charge in [0.25, 0.3) is 0 Å². The van der Waals surface area contributed by atoms with Crippen molar-refractivity contribution in [2.45, 2.75) is 38.5 Å². The second-order valence-corrected chi connectivity index (χ2v) is 5.87. The lowest BCUT2D eigenvalue weighted by molar-refractivity contribution is -0.129. The maximum Gasteiger partial charge on any atom is 0.240 e. The van der Waals surface area contributed by atoms with Crippen molar-refractivity contribution in [2.75, 3.05) is 6.54 Å². The average Bonchev–Trinajstić information content (AvgIpc) is 2.92. The van der Waals surface area contributed by atoms with Gasteiger partial charge in [0, 0.05) is 11.4 Å². The van der Waals surface area contributed by atoms with E-state index in [4.69, 9.17) is 0 Å². The zero-order valence-electron chi connectivity index (χ0n) is 10.4. The fourth-order valence-electron chi connectivity index (χ4n) is 2.47. The molecule has 0 aromatic carbocycles. The maximum atomic E-state index is 12.1. The normalized spacial score (nSPS) is 17.9. The van der Waals surface area contributed by atoms with Crippen LogP contribution in [0.1, 0.15) is 37.0 Å². The van der Waals surface area contributed by atoms with Crippen LogP contribution in [0, 0.1) is 16.7 Å². The molecule has 1 saturated carbocycles. The van der Waals surface area contributed by atoms with Crippen LogP contribution in [0.2, 0.25) is 0 Å². The minimum atomic E-state index is -0.756. The van der Waals surface area contributed by atoms with Crippen molar-refractivity contribution in [3.63, 3.8) is 0 Å². The molecule has 1 heterocycles. The smallest absolute Gasteiger partial charge is 0.240 e. The summed E-state index contributed by atoms with van der Waals surface area (Å²) in [4.78, 5) is 13.4. The van der Waals surface area contributed by atoms with Crippen molar-refractivity contribution >= 4 is 17.2 Å². The fraction of sp³-hybridized carbons (Fsp3) is 0.571. The van der Waals surface area contributed by atoms with Crippen LogP contribution in [0.3, 0.4) is 0 Å². The van der Waals surface area contributed by atoms with Crippen LogP contribution < -0.4 is 5.32 Å². The minimum Gasteiger partial charge on any atom is -0.354 e. The quantitative estimate of drug-likeness (QED) is 0.907. The molecule has 0 saturated heterocycles. The van der Waals surface area contributed by atoms with E-state index in [0.29, 0.717) is 19.4 Å². The van der Waals surface area contributed by atoms with Crippen LogP contribution in [0.5, 0.6) is 0 Å². The summed E-state index contributed by atoms with van der Waals surface area (Å²) >= 11 is 1.70. The van der Waals surface area contributed by atoms with E-state index in [2.05, 4.69) is 17.5 Å². The predicted molar refractivity (Wildman–Crippen MR) is 72.2 cm³/mol. The Morgan fingerprint density at radius 2 is 2.22 bits per heavy atom. The number of amides is 1. The van der Waals surface area contributed by atoms with Crippen molar-refractivity contribution in [1.29, 1.82) is 5.26 Å². The first-order valence-electron chi connectivity index (χ1n) is 6.49. The largest absolute Gasteiger partial charge is 0.354 e. The van der Waals surface area contributed by atoms with Gasteiger partial charge in [-0.1, -0.05) is 25.3 Å². The van der Waals surface area contributed by atoms with Gasteiger partial charge in [-0.15, -0.1) is 11.3 Å². The van der Waals surface area contributed by atoms with Gasteiger partial charge in [0.05, 0.1) is 6.07 Å². The molecule has 96 valence electrons. The Morgan fingerprint density at radius 1 is 1.44 bits per heavy atom. The number of nitriles is 1. The van der Waals surface area contributed by atoms with Gasteiger partial charge >= 0.3 is 0 Å². The molecular formula is C14H18N2OS. The van der Waals surface area contributed by atoms with Crippen molar-refractivity contribution in [3.8, 4) is 6.07 Å². The summed E-state index contributed by atoms with van der Waals surface area (Å²) in [5.74, 6) is -0.0683. The molecule has 1 aromatic rings. The van der Waals surface area contributed by atoms with E-state index >= 15 is 0 Å². The van der Waals surface area contributed by atoms with E-state index in [1.54, 1.807) is 11.3 Å². The summed E-state index contributed by atoms with van der Waals surface area (Å²) in [6, 6.07) is 6.33. The zero-order chi connectivity index (χ0) is 12.8.